The first kappa shape index (κ1) is 16.0. The normalized spacial score (nSPS) is 18.1. The molecule has 0 spiro atoms. The first-order valence-corrected chi connectivity index (χ1v) is 10.1. The quantitative estimate of drug-likeness (QED) is 0.811. The molecule has 6 nitrogen and oxygen atoms in total. The Hall–Kier alpha value is -1.48. The van der Waals surface area contributed by atoms with E-state index in [1.165, 1.54) is 4.31 Å². The van der Waals surface area contributed by atoms with E-state index < -0.39 is 10.0 Å². The van der Waals surface area contributed by atoms with Crippen molar-refractivity contribution in [3.8, 4) is 11.5 Å². The van der Waals surface area contributed by atoms with Gasteiger partial charge in [-0.3, -0.25) is 0 Å². The molecular formula is C15H15ClN2O4S2. The molecule has 0 radical (unpaired) electrons. The number of hydrogen-bond acceptors (Lipinski definition) is 6. The van der Waals surface area contributed by atoms with Crippen molar-refractivity contribution in [1.82, 2.24) is 4.31 Å². The number of fused-ring (bicyclic) bond motifs is 1. The predicted octanol–water partition coefficient (Wildman–Crippen LogP) is 2.64. The summed E-state index contributed by atoms with van der Waals surface area (Å²) < 4.78 is 38.2. The van der Waals surface area contributed by atoms with E-state index in [1.54, 1.807) is 12.1 Å². The topological polar surface area (TPSA) is 59.1 Å². The number of hydrogen-bond donors (Lipinski definition) is 0. The zero-order valence-corrected chi connectivity index (χ0v) is 15.0. The van der Waals surface area contributed by atoms with Crippen molar-refractivity contribution in [1.29, 1.82) is 0 Å². The molecular weight excluding hydrogens is 372 g/mol. The number of rotatable bonds is 3. The second-order valence-corrected chi connectivity index (χ2v) is 9.37. The number of halogens is 1. The zero-order valence-electron chi connectivity index (χ0n) is 12.6. The summed E-state index contributed by atoms with van der Waals surface area (Å²) in [5, 5.41) is 0. The summed E-state index contributed by atoms with van der Waals surface area (Å²) in [6.45, 7) is 2.36. The van der Waals surface area contributed by atoms with Gasteiger partial charge in [-0.2, -0.15) is 4.31 Å². The van der Waals surface area contributed by atoms with Gasteiger partial charge in [-0.1, -0.05) is 11.6 Å². The maximum atomic E-state index is 12.6. The summed E-state index contributed by atoms with van der Waals surface area (Å²) in [6, 6.07) is 8.96. The summed E-state index contributed by atoms with van der Waals surface area (Å²) in [7, 11) is -3.46. The summed E-state index contributed by atoms with van der Waals surface area (Å²) in [5.41, 5.74) is 1.01. The summed E-state index contributed by atoms with van der Waals surface area (Å²) >= 11 is 6.95. The van der Waals surface area contributed by atoms with Gasteiger partial charge in [0.25, 0.3) is 10.0 Å². The maximum Gasteiger partial charge on any atom is 0.252 e. The number of ether oxygens (including phenoxy) is 2. The molecule has 4 rings (SSSR count). The number of thiophene rings is 1. The molecule has 2 aliphatic rings. The molecule has 24 heavy (non-hydrogen) atoms. The monoisotopic (exact) mass is 386 g/mol. The Morgan fingerprint density at radius 3 is 2.46 bits per heavy atom. The number of piperazine rings is 1. The minimum absolute atomic E-state index is 0.244. The molecule has 1 aromatic carbocycles. The molecule has 0 unspecified atom stereocenters. The lowest BCUT2D eigenvalue weighted by molar-refractivity contribution is 0.174. The minimum atomic E-state index is -3.46. The zero-order chi connectivity index (χ0) is 16.7. The van der Waals surface area contributed by atoms with E-state index in [0.29, 0.717) is 34.7 Å². The lowest BCUT2D eigenvalue weighted by Crippen LogP contribution is -2.48. The third kappa shape index (κ3) is 2.83. The molecule has 1 aromatic heterocycles. The highest BCUT2D eigenvalue weighted by Gasteiger charge is 2.30. The van der Waals surface area contributed by atoms with Crippen LogP contribution in [-0.4, -0.2) is 45.7 Å². The third-order valence-electron chi connectivity index (χ3n) is 4.10. The van der Waals surface area contributed by atoms with Gasteiger partial charge in [0.1, 0.15) is 4.21 Å². The predicted molar refractivity (Wildman–Crippen MR) is 92.9 cm³/mol. The van der Waals surface area contributed by atoms with Gasteiger partial charge < -0.3 is 14.4 Å². The van der Waals surface area contributed by atoms with Crippen LogP contribution in [0, 0.1) is 0 Å². The summed E-state index contributed by atoms with van der Waals surface area (Å²) in [4.78, 5) is 2.15. The van der Waals surface area contributed by atoms with E-state index in [4.69, 9.17) is 21.1 Å². The molecule has 0 bridgehead atoms. The Morgan fingerprint density at radius 1 is 1.00 bits per heavy atom. The fourth-order valence-corrected chi connectivity index (χ4v) is 5.89. The molecule has 1 fully saturated rings. The minimum Gasteiger partial charge on any atom is -0.454 e. The fourth-order valence-electron chi connectivity index (χ4n) is 2.83. The van der Waals surface area contributed by atoms with Crippen molar-refractivity contribution in [2.24, 2.45) is 0 Å². The lowest BCUT2D eigenvalue weighted by Gasteiger charge is -2.35. The van der Waals surface area contributed by atoms with Gasteiger partial charge in [-0.05, 0) is 24.3 Å². The highest BCUT2D eigenvalue weighted by molar-refractivity contribution is 7.91. The van der Waals surface area contributed by atoms with Crippen LogP contribution in [0.5, 0.6) is 11.5 Å². The molecule has 0 aliphatic carbocycles. The molecule has 3 heterocycles. The van der Waals surface area contributed by atoms with E-state index in [0.717, 1.165) is 28.5 Å². The lowest BCUT2D eigenvalue weighted by atomic mass is 10.2. The van der Waals surface area contributed by atoms with E-state index >= 15 is 0 Å². The molecule has 128 valence electrons. The molecule has 9 heteroatoms. The third-order valence-corrected chi connectivity index (χ3v) is 7.70. The van der Waals surface area contributed by atoms with E-state index in [9.17, 15) is 8.42 Å². The fraction of sp³-hybridized carbons (Fsp3) is 0.333. The van der Waals surface area contributed by atoms with Crippen molar-refractivity contribution in [2.45, 2.75) is 4.21 Å². The second kappa shape index (κ2) is 6.11. The Kier molecular flexibility index (Phi) is 4.07. The van der Waals surface area contributed by atoms with Gasteiger partial charge in [0, 0.05) is 37.9 Å². The van der Waals surface area contributed by atoms with Crippen molar-refractivity contribution in [3.05, 3.63) is 34.7 Å². The SMILES string of the molecule is O=S(=O)(c1ccc(Cl)s1)N1CCN(c2ccc3c(c2)OCO3)CC1. The van der Waals surface area contributed by atoms with E-state index in [1.807, 2.05) is 18.2 Å². The van der Waals surface area contributed by atoms with Crippen molar-refractivity contribution >= 4 is 38.6 Å². The van der Waals surface area contributed by atoms with Crippen LogP contribution < -0.4 is 14.4 Å². The Bertz CT molecular complexity index is 860. The second-order valence-electron chi connectivity index (χ2n) is 5.49. The highest BCUT2D eigenvalue weighted by atomic mass is 35.5. The van der Waals surface area contributed by atoms with Crippen molar-refractivity contribution in [2.75, 3.05) is 37.9 Å². The Morgan fingerprint density at radius 2 is 1.75 bits per heavy atom. The van der Waals surface area contributed by atoms with Gasteiger partial charge in [0.05, 0.1) is 4.34 Å². The summed E-state index contributed by atoms with van der Waals surface area (Å²) in [5.74, 6) is 1.48. The summed E-state index contributed by atoms with van der Waals surface area (Å²) in [6.07, 6.45) is 0. The van der Waals surface area contributed by atoms with Crippen LogP contribution in [0.4, 0.5) is 5.69 Å². The first-order chi connectivity index (χ1) is 11.5. The number of benzene rings is 1. The van der Waals surface area contributed by atoms with Gasteiger partial charge in [-0.25, -0.2) is 8.42 Å². The van der Waals surface area contributed by atoms with Gasteiger partial charge in [0.2, 0.25) is 6.79 Å². The van der Waals surface area contributed by atoms with Crippen molar-refractivity contribution in [3.63, 3.8) is 0 Å². The Balaban J connectivity index is 1.47. The number of nitrogens with zero attached hydrogens (tertiary/aromatic N) is 2. The van der Waals surface area contributed by atoms with Crippen LogP contribution in [0.25, 0.3) is 0 Å². The smallest absolute Gasteiger partial charge is 0.252 e. The number of anilines is 1. The van der Waals surface area contributed by atoms with Crippen molar-refractivity contribution < 1.29 is 17.9 Å². The van der Waals surface area contributed by atoms with Gasteiger partial charge >= 0.3 is 0 Å². The van der Waals surface area contributed by atoms with E-state index in [-0.39, 0.29) is 6.79 Å². The molecule has 2 aliphatic heterocycles. The highest BCUT2D eigenvalue weighted by Crippen LogP contribution is 2.36. The van der Waals surface area contributed by atoms with Gasteiger partial charge in [-0.15, -0.1) is 11.3 Å². The molecule has 0 atom stereocenters. The average molecular weight is 387 g/mol. The van der Waals surface area contributed by atoms with Crippen LogP contribution >= 0.6 is 22.9 Å². The molecule has 0 amide bonds. The van der Waals surface area contributed by atoms with Crippen LogP contribution in [0.3, 0.4) is 0 Å². The van der Waals surface area contributed by atoms with Crippen LogP contribution in [0.15, 0.2) is 34.5 Å². The molecule has 0 N–H and O–H groups in total. The molecule has 1 saturated heterocycles. The van der Waals surface area contributed by atoms with E-state index in [2.05, 4.69) is 4.90 Å². The van der Waals surface area contributed by atoms with Crippen LogP contribution in [-0.2, 0) is 10.0 Å². The van der Waals surface area contributed by atoms with Crippen LogP contribution in [0.2, 0.25) is 4.34 Å². The standard InChI is InChI=1S/C15H15ClN2O4S2/c16-14-3-4-15(23-14)24(19,20)18-7-5-17(6-8-18)11-1-2-12-13(9-11)22-10-21-12/h1-4,9H,5-8,10H2. The largest absolute Gasteiger partial charge is 0.454 e. The molecule has 0 saturated carbocycles. The number of sulfonamides is 1. The molecule has 2 aromatic rings. The van der Waals surface area contributed by atoms with Crippen LogP contribution in [0.1, 0.15) is 0 Å². The van der Waals surface area contributed by atoms with Gasteiger partial charge in [0.15, 0.2) is 11.5 Å². The first-order valence-electron chi connectivity index (χ1n) is 7.44. The average Bonchev–Trinajstić information content (AvgIpc) is 3.23. The maximum absolute atomic E-state index is 12.6. The Labute approximate surface area is 149 Å².